The number of anilines is 1. The van der Waals surface area contributed by atoms with Crippen LogP contribution >= 0.6 is 11.6 Å². The second-order valence-corrected chi connectivity index (χ2v) is 9.10. The Balaban J connectivity index is 1.72. The Morgan fingerprint density at radius 3 is 2.55 bits per heavy atom. The molecule has 1 heterocycles. The average Bonchev–Trinajstić information content (AvgIpc) is 2.72. The molecule has 0 bridgehead atoms. The van der Waals surface area contributed by atoms with Crippen LogP contribution in [0.5, 0.6) is 0 Å². The number of hydrogen-bond donors (Lipinski definition) is 1. The second kappa shape index (κ2) is 8.88. The molecule has 9 nitrogen and oxygen atoms in total. The molecule has 1 N–H and O–H groups in total. The predicted molar refractivity (Wildman–Crippen MR) is 114 cm³/mol. The van der Waals surface area contributed by atoms with Crippen LogP contribution in [0.25, 0.3) is 11.0 Å². The SMILES string of the molecule is CN(C)S(=O)(=O)c1ccc(Cl)c(NC(=O)COC(=O)c2cc3ccccc3oc2=O)c1. The smallest absolute Gasteiger partial charge is 0.351 e. The zero-order valence-corrected chi connectivity index (χ0v) is 18.0. The fraction of sp³-hybridized carbons (Fsp3) is 0.150. The van der Waals surface area contributed by atoms with Gasteiger partial charge < -0.3 is 14.5 Å². The van der Waals surface area contributed by atoms with E-state index in [1.165, 1.54) is 38.4 Å². The first kappa shape index (κ1) is 22.5. The molecule has 0 unspecified atom stereocenters. The van der Waals surface area contributed by atoms with E-state index in [1.54, 1.807) is 24.3 Å². The Morgan fingerprint density at radius 1 is 1.13 bits per heavy atom. The lowest BCUT2D eigenvalue weighted by Gasteiger charge is -2.14. The van der Waals surface area contributed by atoms with Gasteiger partial charge in [-0.05, 0) is 30.3 Å². The van der Waals surface area contributed by atoms with Crippen molar-refractivity contribution in [3.63, 3.8) is 0 Å². The summed E-state index contributed by atoms with van der Waals surface area (Å²) >= 11 is 6.02. The lowest BCUT2D eigenvalue weighted by molar-refractivity contribution is -0.119. The Bertz CT molecular complexity index is 1330. The van der Waals surface area contributed by atoms with Crippen molar-refractivity contribution in [3.05, 3.63) is 69.5 Å². The molecule has 162 valence electrons. The molecule has 3 rings (SSSR count). The number of nitrogens with one attached hydrogen (secondary N) is 1. The van der Waals surface area contributed by atoms with Crippen molar-refractivity contribution in [2.75, 3.05) is 26.0 Å². The van der Waals surface area contributed by atoms with Crippen molar-refractivity contribution < 1.29 is 27.2 Å². The van der Waals surface area contributed by atoms with Gasteiger partial charge in [-0.1, -0.05) is 29.8 Å². The standard InChI is InChI=1S/C20H17ClN2O7S/c1-23(2)31(27,28)13-7-8-15(21)16(10-13)22-18(24)11-29-19(25)14-9-12-5-3-4-6-17(12)30-20(14)26/h3-10H,11H2,1-2H3,(H,22,24). The monoisotopic (exact) mass is 464 g/mol. The van der Waals surface area contributed by atoms with Crippen LogP contribution in [0.15, 0.2) is 62.6 Å². The molecule has 0 radical (unpaired) electrons. The largest absolute Gasteiger partial charge is 0.452 e. The number of carbonyl (C=O) groups excluding carboxylic acids is 2. The first-order valence-corrected chi connectivity index (χ1v) is 10.6. The number of benzene rings is 2. The number of rotatable bonds is 6. The van der Waals surface area contributed by atoms with Crippen molar-refractivity contribution in [3.8, 4) is 0 Å². The third-order valence-electron chi connectivity index (χ3n) is 4.19. The Morgan fingerprint density at radius 2 is 1.84 bits per heavy atom. The predicted octanol–water partition coefficient (Wildman–Crippen LogP) is 2.49. The van der Waals surface area contributed by atoms with Crippen LogP contribution in [0.2, 0.25) is 5.02 Å². The van der Waals surface area contributed by atoms with Crippen LogP contribution in [0.1, 0.15) is 10.4 Å². The van der Waals surface area contributed by atoms with E-state index in [0.29, 0.717) is 11.0 Å². The fourth-order valence-electron chi connectivity index (χ4n) is 2.57. The fourth-order valence-corrected chi connectivity index (χ4v) is 3.66. The minimum atomic E-state index is -3.74. The number of carbonyl (C=O) groups is 2. The van der Waals surface area contributed by atoms with Crippen LogP contribution in [-0.2, 0) is 19.6 Å². The number of ether oxygens (including phenoxy) is 1. The molecule has 1 aromatic heterocycles. The normalized spacial score (nSPS) is 11.5. The van der Waals surface area contributed by atoms with Crippen LogP contribution in [0, 0.1) is 0 Å². The Labute approximate surface area is 182 Å². The van der Waals surface area contributed by atoms with Crippen molar-refractivity contribution in [1.29, 1.82) is 0 Å². The second-order valence-electron chi connectivity index (χ2n) is 6.54. The molecular formula is C20H17ClN2O7S. The molecule has 0 aliphatic rings. The molecule has 3 aromatic rings. The Hall–Kier alpha value is -3.21. The van der Waals surface area contributed by atoms with Gasteiger partial charge in [0.15, 0.2) is 6.61 Å². The lowest BCUT2D eigenvalue weighted by Crippen LogP contribution is -2.24. The summed E-state index contributed by atoms with van der Waals surface area (Å²) in [5, 5.41) is 2.99. The summed E-state index contributed by atoms with van der Waals surface area (Å²) < 4.78 is 35.4. The highest BCUT2D eigenvalue weighted by atomic mass is 35.5. The maximum absolute atomic E-state index is 12.2. The number of amides is 1. The van der Waals surface area contributed by atoms with Crippen LogP contribution in [-0.4, -0.2) is 45.3 Å². The summed E-state index contributed by atoms with van der Waals surface area (Å²) in [6.07, 6.45) is 0. The van der Waals surface area contributed by atoms with E-state index in [0.717, 1.165) is 4.31 Å². The molecule has 0 aliphatic heterocycles. The van der Waals surface area contributed by atoms with Gasteiger partial charge in [-0.3, -0.25) is 4.79 Å². The summed E-state index contributed by atoms with van der Waals surface area (Å²) in [5.74, 6) is -1.82. The molecule has 11 heteroatoms. The molecule has 0 spiro atoms. The number of fused-ring (bicyclic) bond motifs is 1. The van der Waals surface area contributed by atoms with Crippen molar-refractivity contribution >= 4 is 50.2 Å². The third kappa shape index (κ3) is 4.93. The van der Waals surface area contributed by atoms with Gasteiger partial charge >= 0.3 is 11.6 Å². The van der Waals surface area contributed by atoms with E-state index >= 15 is 0 Å². The minimum absolute atomic E-state index is 0.0239. The topological polar surface area (TPSA) is 123 Å². The van der Waals surface area contributed by atoms with Crippen LogP contribution < -0.4 is 10.9 Å². The van der Waals surface area contributed by atoms with Gasteiger partial charge in [0, 0.05) is 19.5 Å². The zero-order valence-electron chi connectivity index (χ0n) is 16.4. The number of sulfonamides is 1. The molecule has 0 aliphatic carbocycles. The summed E-state index contributed by atoms with van der Waals surface area (Å²) in [7, 11) is -1.01. The number of esters is 1. The van der Waals surface area contributed by atoms with Crippen LogP contribution in [0.4, 0.5) is 5.69 Å². The molecule has 31 heavy (non-hydrogen) atoms. The van der Waals surface area contributed by atoms with Gasteiger partial charge in [0.05, 0.1) is 15.6 Å². The van der Waals surface area contributed by atoms with Gasteiger partial charge in [0.1, 0.15) is 11.1 Å². The van der Waals surface area contributed by atoms with E-state index in [1.807, 2.05) is 0 Å². The number of hydrogen-bond acceptors (Lipinski definition) is 7. The Kier molecular flexibility index (Phi) is 6.44. The molecule has 0 saturated heterocycles. The molecule has 2 aromatic carbocycles. The molecule has 0 fully saturated rings. The summed E-state index contributed by atoms with van der Waals surface area (Å²) in [6.45, 7) is -0.730. The van der Waals surface area contributed by atoms with E-state index in [4.69, 9.17) is 20.8 Å². The van der Waals surface area contributed by atoms with Crippen molar-refractivity contribution in [2.45, 2.75) is 4.90 Å². The highest BCUT2D eigenvalue weighted by Crippen LogP contribution is 2.26. The van der Waals surface area contributed by atoms with Crippen molar-refractivity contribution in [2.24, 2.45) is 0 Å². The van der Waals surface area contributed by atoms with Gasteiger partial charge in [0.2, 0.25) is 10.0 Å². The van der Waals surface area contributed by atoms with E-state index in [9.17, 15) is 22.8 Å². The summed E-state index contributed by atoms with van der Waals surface area (Å²) in [4.78, 5) is 36.3. The molecule has 0 atom stereocenters. The van der Waals surface area contributed by atoms with Gasteiger partial charge in [-0.2, -0.15) is 0 Å². The maximum atomic E-state index is 12.2. The van der Waals surface area contributed by atoms with E-state index in [-0.39, 0.29) is 21.2 Å². The first-order chi connectivity index (χ1) is 14.6. The van der Waals surface area contributed by atoms with E-state index in [2.05, 4.69) is 5.32 Å². The van der Waals surface area contributed by atoms with E-state index < -0.39 is 34.1 Å². The van der Waals surface area contributed by atoms with Gasteiger partial charge in [-0.25, -0.2) is 22.3 Å². The summed E-state index contributed by atoms with van der Waals surface area (Å²) in [6, 6.07) is 11.7. The van der Waals surface area contributed by atoms with Crippen molar-refractivity contribution in [1.82, 2.24) is 4.31 Å². The first-order valence-electron chi connectivity index (χ1n) is 8.81. The highest BCUT2D eigenvalue weighted by Gasteiger charge is 2.20. The van der Waals surface area contributed by atoms with Crippen LogP contribution in [0.3, 0.4) is 0 Å². The number of para-hydroxylation sites is 1. The molecular weight excluding hydrogens is 448 g/mol. The minimum Gasteiger partial charge on any atom is -0.452 e. The molecule has 0 saturated carbocycles. The highest BCUT2D eigenvalue weighted by molar-refractivity contribution is 7.89. The summed E-state index contributed by atoms with van der Waals surface area (Å²) in [5.41, 5.74) is -0.919. The van der Waals surface area contributed by atoms with Gasteiger partial charge in [0.25, 0.3) is 5.91 Å². The zero-order chi connectivity index (χ0) is 22.8. The quantitative estimate of drug-likeness (QED) is 0.439. The average molecular weight is 465 g/mol. The van der Waals surface area contributed by atoms with Gasteiger partial charge in [-0.15, -0.1) is 0 Å². The number of nitrogens with zero attached hydrogens (tertiary/aromatic N) is 1. The third-order valence-corrected chi connectivity index (χ3v) is 6.33. The molecule has 1 amide bonds. The number of halogens is 1. The lowest BCUT2D eigenvalue weighted by atomic mass is 10.2. The maximum Gasteiger partial charge on any atom is 0.351 e.